The van der Waals surface area contributed by atoms with E-state index in [-0.39, 0.29) is 18.1 Å². The van der Waals surface area contributed by atoms with Crippen LogP contribution in [0.25, 0.3) is 0 Å². The Bertz CT molecular complexity index is 716. The van der Waals surface area contributed by atoms with E-state index in [0.717, 1.165) is 43.1 Å². The summed E-state index contributed by atoms with van der Waals surface area (Å²) >= 11 is 0. The topological polar surface area (TPSA) is 80.5 Å². The number of nitrogens with one attached hydrogen (secondary N) is 1. The molecule has 0 radical (unpaired) electrons. The van der Waals surface area contributed by atoms with Crippen LogP contribution in [0.3, 0.4) is 0 Å². The van der Waals surface area contributed by atoms with E-state index < -0.39 is 6.10 Å². The number of aryl methyl sites for hydroxylation is 1. The van der Waals surface area contributed by atoms with Crippen molar-refractivity contribution >= 4 is 5.91 Å². The Labute approximate surface area is 146 Å². The Kier molecular flexibility index (Phi) is 4.50. The molecule has 0 spiro atoms. The summed E-state index contributed by atoms with van der Waals surface area (Å²) in [7, 11) is 0. The van der Waals surface area contributed by atoms with E-state index in [1.54, 1.807) is 18.7 Å². The van der Waals surface area contributed by atoms with Gasteiger partial charge < -0.3 is 14.5 Å². The number of aromatic nitrogens is 2. The van der Waals surface area contributed by atoms with Crippen molar-refractivity contribution in [2.24, 2.45) is 0 Å². The molecule has 3 atom stereocenters. The van der Waals surface area contributed by atoms with Gasteiger partial charge in [0, 0.05) is 25.2 Å². The van der Waals surface area contributed by atoms with Gasteiger partial charge >= 0.3 is 0 Å². The van der Waals surface area contributed by atoms with Gasteiger partial charge in [0.2, 0.25) is 5.91 Å². The molecule has 2 aromatic rings. The summed E-state index contributed by atoms with van der Waals surface area (Å²) < 4.78 is 11.4. The van der Waals surface area contributed by atoms with Crippen LogP contribution in [0, 0.1) is 6.92 Å². The molecule has 7 nitrogen and oxygen atoms in total. The van der Waals surface area contributed by atoms with Crippen molar-refractivity contribution in [3.8, 4) is 0 Å². The highest BCUT2D eigenvalue weighted by atomic mass is 16.5. The van der Waals surface area contributed by atoms with E-state index in [1.807, 2.05) is 19.1 Å². The van der Waals surface area contributed by atoms with E-state index in [2.05, 4.69) is 20.2 Å². The number of hydrogen-bond acceptors (Lipinski definition) is 6. The average molecular weight is 342 g/mol. The molecular formula is C18H22N4O3. The summed E-state index contributed by atoms with van der Waals surface area (Å²) in [6.07, 6.45) is 6.49. The minimum Gasteiger partial charge on any atom is -0.468 e. The Morgan fingerprint density at radius 1 is 1.40 bits per heavy atom. The Hall–Kier alpha value is -2.25. The first-order chi connectivity index (χ1) is 12.2. The molecule has 0 bridgehead atoms. The maximum absolute atomic E-state index is 12.4. The quantitative estimate of drug-likeness (QED) is 0.885. The molecule has 2 aromatic heterocycles. The molecule has 2 aliphatic rings. The molecule has 4 rings (SSSR count). The van der Waals surface area contributed by atoms with E-state index in [1.165, 1.54) is 0 Å². The highest BCUT2D eigenvalue weighted by molar-refractivity contribution is 5.81. The molecule has 0 unspecified atom stereocenters. The molecule has 0 saturated carbocycles. The van der Waals surface area contributed by atoms with Crippen LogP contribution in [0.4, 0.5) is 0 Å². The number of carbonyl (C=O) groups excluding carboxylic acids is 1. The number of amides is 1. The van der Waals surface area contributed by atoms with Crippen molar-refractivity contribution in [3.63, 3.8) is 0 Å². The minimum absolute atomic E-state index is 0.0743. The first-order valence-corrected chi connectivity index (χ1v) is 8.66. The number of rotatable bonds is 5. The average Bonchev–Trinajstić information content (AvgIpc) is 3.33. The van der Waals surface area contributed by atoms with Crippen LogP contribution in [0.5, 0.6) is 0 Å². The van der Waals surface area contributed by atoms with Crippen LogP contribution in [0.2, 0.25) is 0 Å². The Morgan fingerprint density at radius 2 is 2.32 bits per heavy atom. The lowest BCUT2D eigenvalue weighted by atomic mass is 10.1. The van der Waals surface area contributed by atoms with E-state index >= 15 is 0 Å². The number of fused-ring (bicyclic) bond motifs is 1. The zero-order chi connectivity index (χ0) is 17.2. The van der Waals surface area contributed by atoms with Crippen LogP contribution < -0.4 is 5.32 Å². The maximum atomic E-state index is 12.4. The van der Waals surface area contributed by atoms with Gasteiger partial charge in [-0.15, -0.1) is 0 Å². The maximum Gasteiger partial charge on any atom is 0.249 e. The van der Waals surface area contributed by atoms with Crippen LogP contribution in [-0.4, -0.2) is 45.6 Å². The number of hydrogen-bond donors (Lipinski definition) is 1. The van der Waals surface area contributed by atoms with Crippen LogP contribution >= 0.6 is 0 Å². The molecule has 2 aliphatic heterocycles. The Balaban J connectivity index is 1.31. The molecule has 1 amide bonds. The second-order valence-corrected chi connectivity index (χ2v) is 6.67. The standard InChI is InChI=1S/C18H22N4O3/c1-12-8-20-13(9-19-12)10-21-18(23)17-7-15-16(25-17)4-5-22(15)11-14-3-2-6-24-14/h2-3,6,8-9,15-17H,4-5,7,10-11H2,1H3,(H,21,23)/t15-,16-,17+/m1/s1. The van der Waals surface area contributed by atoms with Crippen molar-refractivity contribution in [1.82, 2.24) is 20.2 Å². The van der Waals surface area contributed by atoms with Crippen LogP contribution in [-0.2, 0) is 22.6 Å². The third-order valence-corrected chi connectivity index (χ3v) is 4.90. The van der Waals surface area contributed by atoms with Gasteiger partial charge in [-0.3, -0.25) is 19.7 Å². The number of likely N-dealkylation sites (tertiary alicyclic amines) is 1. The van der Waals surface area contributed by atoms with Gasteiger partial charge in [-0.1, -0.05) is 0 Å². The molecule has 2 saturated heterocycles. The molecule has 1 N–H and O–H groups in total. The largest absolute Gasteiger partial charge is 0.468 e. The van der Waals surface area contributed by atoms with Gasteiger partial charge in [-0.2, -0.15) is 0 Å². The normalized spacial score (nSPS) is 25.9. The highest BCUT2D eigenvalue weighted by Gasteiger charge is 2.45. The molecule has 0 aliphatic carbocycles. The second kappa shape index (κ2) is 6.93. The minimum atomic E-state index is -0.396. The van der Waals surface area contributed by atoms with Gasteiger partial charge in [0.25, 0.3) is 0 Å². The van der Waals surface area contributed by atoms with Crippen molar-refractivity contribution in [2.75, 3.05) is 6.54 Å². The van der Waals surface area contributed by atoms with E-state index in [9.17, 15) is 4.79 Å². The summed E-state index contributed by atoms with van der Waals surface area (Å²) in [5.41, 5.74) is 1.61. The van der Waals surface area contributed by atoms with Gasteiger partial charge in [0.05, 0.1) is 43.0 Å². The molecule has 0 aromatic carbocycles. The lowest BCUT2D eigenvalue weighted by Crippen LogP contribution is -2.36. The summed E-state index contributed by atoms with van der Waals surface area (Å²) in [5, 5.41) is 2.91. The lowest BCUT2D eigenvalue weighted by molar-refractivity contribution is -0.132. The van der Waals surface area contributed by atoms with Crippen LogP contribution in [0.15, 0.2) is 35.2 Å². The number of carbonyl (C=O) groups is 1. The summed E-state index contributed by atoms with van der Waals surface area (Å²) in [4.78, 5) is 23.2. The van der Waals surface area contributed by atoms with Crippen molar-refractivity contribution in [3.05, 3.63) is 47.9 Å². The molecule has 2 fully saturated rings. The van der Waals surface area contributed by atoms with E-state index in [4.69, 9.17) is 9.15 Å². The van der Waals surface area contributed by atoms with Crippen LogP contribution in [0.1, 0.15) is 30.0 Å². The van der Waals surface area contributed by atoms with Crippen molar-refractivity contribution < 1.29 is 13.9 Å². The monoisotopic (exact) mass is 342 g/mol. The predicted octanol–water partition coefficient (Wildman–Crippen LogP) is 1.43. The summed E-state index contributed by atoms with van der Waals surface area (Å²) in [5.74, 6) is 0.876. The molecule has 132 valence electrons. The smallest absolute Gasteiger partial charge is 0.249 e. The lowest BCUT2D eigenvalue weighted by Gasteiger charge is -2.21. The molecule has 25 heavy (non-hydrogen) atoms. The third-order valence-electron chi connectivity index (χ3n) is 4.90. The molecular weight excluding hydrogens is 320 g/mol. The fourth-order valence-corrected chi connectivity index (χ4v) is 3.60. The molecule has 4 heterocycles. The molecule has 7 heteroatoms. The number of nitrogens with zero attached hydrogens (tertiary/aromatic N) is 3. The first kappa shape index (κ1) is 16.2. The van der Waals surface area contributed by atoms with Crippen molar-refractivity contribution in [1.29, 1.82) is 0 Å². The zero-order valence-electron chi connectivity index (χ0n) is 14.2. The Morgan fingerprint density at radius 3 is 3.08 bits per heavy atom. The van der Waals surface area contributed by atoms with Gasteiger partial charge in [0.15, 0.2) is 0 Å². The predicted molar refractivity (Wildman–Crippen MR) is 89.4 cm³/mol. The van der Waals surface area contributed by atoms with Gasteiger partial charge in [0.1, 0.15) is 11.9 Å². The summed E-state index contributed by atoms with van der Waals surface area (Å²) in [6, 6.07) is 4.16. The summed E-state index contributed by atoms with van der Waals surface area (Å²) in [6.45, 7) is 4.00. The number of furan rings is 1. The fraction of sp³-hybridized carbons (Fsp3) is 0.500. The zero-order valence-corrected chi connectivity index (χ0v) is 14.2. The van der Waals surface area contributed by atoms with Gasteiger partial charge in [-0.25, -0.2) is 0 Å². The van der Waals surface area contributed by atoms with E-state index in [0.29, 0.717) is 6.54 Å². The highest BCUT2D eigenvalue weighted by Crippen LogP contribution is 2.34. The second-order valence-electron chi connectivity index (χ2n) is 6.67. The SMILES string of the molecule is Cc1cnc(CNC(=O)[C@@H]2C[C@@H]3[C@@H](CCN3Cc3ccco3)O2)cn1. The van der Waals surface area contributed by atoms with Crippen molar-refractivity contribution in [2.45, 2.75) is 51.1 Å². The first-order valence-electron chi connectivity index (χ1n) is 8.66. The number of ether oxygens (including phenoxy) is 1. The fourth-order valence-electron chi connectivity index (χ4n) is 3.60. The third kappa shape index (κ3) is 3.57. The van der Waals surface area contributed by atoms with Gasteiger partial charge in [-0.05, 0) is 25.5 Å².